The summed E-state index contributed by atoms with van der Waals surface area (Å²) in [5.74, 6) is 0. The summed E-state index contributed by atoms with van der Waals surface area (Å²) in [6.45, 7) is 3.86. The van der Waals surface area contributed by atoms with Gasteiger partial charge in [-0.25, -0.2) is 4.98 Å². The Balaban J connectivity index is 1.69. The van der Waals surface area contributed by atoms with Gasteiger partial charge in [0.1, 0.15) is 0 Å². The van der Waals surface area contributed by atoms with E-state index >= 15 is 0 Å². The lowest BCUT2D eigenvalue weighted by molar-refractivity contribution is 0.683. The average Bonchev–Trinajstić information content (AvgIpc) is 2.72. The van der Waals surface area contributed by atoms with E-state index in [1.807, 2.05) is 19.2 Å². The summed E-state index contributed by atoms with van der Waals surface area (Å²) in [5, 5.41) is 6.68. The fourth-order valence-corrected chi connectivity index (χ4v) is 2.22. The number of nitrogens with one attached hydrogen (secondary N) is 1. The van der Waals surface area contributed by atoms with Crippen molar-refractivity contribution >= 4 is 11.3 Å². The SMILES string of the molecule is Cc1csc(CCNCc2cccnc2)n1. The van der Waals surface area contributed by atoms with Gasteiger partial charge in [0.2, 0.25) is 0 Å². The van der Waals surface area contributed by atoms with Gasteiger partial charge in [0.15, 0.2) is 0 Å². The molecule has 0 aliphatic heterocycles. The van der Waals surface area contributed by atoms with Crippen LogP contribution in [0.4, 0.5) is 0 Å². The molecule has 0 aromatic carbocycles. The van der Waals surface area contributed by atoms with Crippen molar-refractivity contribution in [3.63, 3.8) is 0 Å². The molecule has 0 aliphatic carbocycles. The molecule has 2 aromatic rings. The van der Waals surface area contributed by atoms with Gasteiger partial charge in [0.05, 0.1) is 5.01 Å². The Labute approximate surface area is 99.6 Å². The third-order valence-corrected chi connectivity index (χ3v) is 3.26. The topological polar surface area (TPSA) is 37.8 Å². The molecule has 3 nitrogen and oxygen atoms in total. The fourth-order valence-electron chi connectivity index (χ4n) is 1.45. The number of nitrogens with zero attached hydrogens (tertiary/aromatic N) is 2. The van der Waals surface area contributed by atoms with Crippen LogP contribution in [0.5, 0.6) is 0 Å². The molecule has 2 aromatic heterocycles. The van der Waals surface area contributed by atoms with Crippen LogP contribution in [-0.4, -0.2) is 16.5 Å². The summed E-state index contributed by atoms with van der Waals surface area (Å²) < 4.78 is 0. The van der Waals surface area contributed by atoms with E-state index < -0.39 is 0 Å². The second-order valence-corrected chi connectivity index (χ2v) is 4.61. The summed E-state index contributed by atoms with van der Waals surface area (Å²) in [6, 6.07) is 4.04. The molecule has 16 heavy (non-hydrogen) atoms. The standard InChI is InChI=1S/C12H15N3S/c1-10-9-16-12(15-10)4-6-14-8-11-3-2-5-13-7-11/h2-3,5,7,9,14H,4,6,8H2,1H3. The molecular weight excluding hydrogens is 218 g/mol. The van der Waals surface area contributed by atoms with Crippen molar-refractivity contribution in [3.8, 4) is 0 Å². The average molecular weight is 233 g/mol. The zero-order valence-electron chi connectivity index (χ0n) is 9.31. The molecule has 0 aliphatic rings. The molecule has 2 rings (SSSR count). The number of hydrogen-bond donors (Lipinski definition) is 1. The highest BCUT2D eigenvalue weighted by molar-refractivity contribution is 7.09. The first kappa shape index (κ1) is 11.2. The van der Waals surface area contributed by atoms with E-state index in [-0.39, 0.29) is 0 Å². The third kappa shape index (κ3) is 3.40. The van der Waals surface area contributed by atoms with Crippen molar-refractivity contribution in [1.29, 1.82) is 0 Å². The fraction of sp³-hybridized carbons (Fsp3) is 0.333. The molecule has 4 heteroatoms. The Morgan fingerprint density at radius 2 is 2.38 bits per heavy atom. The van der Waals surface area contributed by atoms with Crippen LogP contribution in [0.1, 0.15) is 16.3 Å². The first-order valence-electron chi connectivity index (χ1n) is 5.35. The van der Waals surface area contributed by atoms with Crippen molar-refractivity contribution in [2.75, 3.05) is 6.54 Å². The van der Waals surface area contributed by atoms with E-state index in [9.17, 15) is 0 Å². The smallest absolute Gasteiger partial charge is 0.0940 e. The van der Waals surface area contributed by atoms with Crippen molar-refractivity contribution in [1.82, 2.24) is 15.3 Å². The number of hydrogen-bond acceptors (Lipinski definition) is 4. The van der Waals surface area contributed by atoms with Crippen molar-refractivity contribution in [2.24, 2.45) is 0 Å². The minimum atomic E-state index is 0.873. The lowest BCUT2D eigenvalue weighted by Gasteiger charge is -2.02. The molecule has 0 amide bonds. The van der Waals surface area contributed by atoms with Crippen LogP contribution >= 0.6 is 11.3 Å². The van der Waals surface area contributed by atoms with Crippen molar-refractivity contribution in [2.45, 2.75) is 19.9 Å². The third-order valence-electron chi connectivity index (χ3n) is 2.23. The van der Waals surface area contributed by atoms with Crippen LogP contribution in [0.2, 0.25) is 0 Å². The van der Waals surface area contributed by atoms with Gasteiger partial charge in [-0.1, -0.05) is 6.07 Å². The first-order valence-corrected chi connectivity index (χ1v) is 6.23. The van der Waals surface area contributed by atoms with Gasteiger partial charge in [-0.05, 0) is 18.6 Å². The van der Waals surface area contributed by atoms with Crippen LogP contribution < -0.4 is 5.32 Å². The summed E-state index contributed by atoms with van der Waals surface area (Å²) in [4.78, 5) is 8.50. The predicted octanol–water partition coefficient (Wildman–Crippen LogP) is 2.18. The summed E-state index contributed by atoms with van der Waals surface area (Å²) >= 11 is 1.73. The monoisotopic (exact) mass is 233 g/mol. The highest BCUT2D eigenvalue weighted by Gasteiger charge is 1.98. The zero-order chi connectivity index (χ0) is 11.2. The van der Waals surface area contributed by atoms with E-state index in [4.69, 9.17) is 0 Å². The number of aromatic nitrogens is 2. The molecule has 0 fully saturated rings. The molecule has 0 radical (unpaired) electrons. The lowest BCUT2D eigenvalue weighted by atomic mass is 10.3. The second-order valence-electron chi connectivity index (χ2n) is 3.67. The molecule has 0 saturated heterocycles. The molecule has 0 bridgehead atoms. The van der Waals surface area contributed by atoms with Gasteiger partial charge < -0.3 is 5.32 Å². The quantitative estimate of drug-likeness (QED) is 0.804. The molecule has 84 valence electrons. The minimum Gasteiger partial charge on any atom is -0.312 e. The number of rotatable bonds is 5. The van der Waals surface area contributed by atoms with Crippen molar-refractivity contribution in [3.05, 3.63) is 46.2 Å². The highest BCUT2D eigenvalue weighted by atomic mass is 32.1. The molecule has 2 heterocycles. The van der Waals surface area contributed by atoms with Gasteiger partial charge in [0, 0.05) is 43.0 Å². The van der Waals surface area contributed by atoms with Gasteiger partial charge in [0.25, 0.3) is 0 Å². The normalized spacial score (nSPS) is 10.6. The number of thiazole rings is 1. The van der Waals surface area contributed by atoms with Crippen LogP contribution in [0.3, 0.4) is 0 Å². The Morgan fingerprint density at radius 1 is 1.44 bits per heavy atom. The summed E-state index contributed by atoms with van der Waals surface area (Å²) in [6.07, 6.45) is 4.68. The Kier molecular flexibility index (Phi) is 4.02. The second kappa shape index (κ2) is 5.72. The van der Waals surface area contributed by atoms with Gasteiger partial charge in [-0.15, -0.1) is 11.3 Å². The Morgan fingerprint density at radius 3 is 3.06 bits per heavy atom. The maximum absolute atomic E-state index is 4.42. The van der Waals surface area contributed by atoms with Crippen LogP contribution in [-0.2, 0) is 13.0 Å². The van der Waals surface area contributed by atoms with E-state index in [0.29, 0.717) is 0 Å². The Hall–Kier alpha value is -1.26. The molecular formula is C12H15N3S. The van der Waals surface area contributed by atoms with E-state index in [1.165, 1.54) is 10.6 Å². The largest absolute Gasteiger partial charge is 0.312 e. The van der Waals surface area contributed by atoms with Crippen LogP contribution in [0.25, 0.3) is 0 Å². The van der Waals surface area contributed by atoms with Gasteiger partial charge in [-0.3, -0.25) is 4.98 Å². The summed E-state index contributed by atoms with van der Waals surface area (Å²) in [5.41, 5.74) is 2.34. The zero-order valence-corrected chi connectivity index (χ0v) is 10.1. The highest BCUT2D eigenvalue weighted by Crippen LogP contribution is 2.08. The number of aryl methyl sites for hydroxylation is 1. The lowest BCUT2D eigenvalue weighted by Crippen LogP contribution is -2.16. The maximum atomic E-state index is 4.42. The van der Waals surface area contributed by atoms with Crippen LogP contribution in [0.15, 0.2) is 29.9 Å². The molecule has 0 atom stereocenters. The maximum Gasteiger partial charge on any atom is 0.0940 e. The molecule has 0 unspecified atom stereocenters. The predicted molar refractivity (Wildman–Crippen MR) is 66.5 cm³/mol. The van der Waals surface area contributed by atoms with Gasteiger partial charge in [-0.2, -0.15) is 0 Å². The van der Waals surface area contributed by atoms with E-state index in [1.54, 1.807) is 17.5 Å². The van der Waals surface area contributed by atoms with E-state index in [0.717, 1.165) is 25.2 Å². The number of pyridine rings is 1. The van der Waals surface area contributed by atoms with Crippen molar-refractivity contribution < 1.29 is 0 Å². The first-order chi connectivity index (χ1) is 7.84. The minimum absolute atomic E-state index is 0.873. The molecule has 0 spiro atoms. The molecule has 0 saturated carbocycles. The van der Waals surface area contributed by atoms with Gasteiger partial charge >= 0.3 is 0 Å². The molecule has 1 N–H and O–H groups in total. The van der Waals surface area contributed by atoms with E-state index in [2.05, 4.69) is 26.7 Å². The Bertz CT molecular complexity index is 425. The van der Waals surface area contributed by atoms with Crippen LogP contribution in [0, 0.1) is 6.92 Å². The summed E-state index contributed by atoms with van der Waals surface area (Å²) in [7, 11) is 0.